The maximum Gasteiger partial charge on any atom is 0.359 e. The number of hydrogen-bond donors (Lipinski definition) is 2. The number of aromatic nitrogens is 2. The summed E-state index contributed by atoms with van der Waals surface area (Å²) in [5.41, 5.74) is 1.29. The van der Waals surface area contributed by atoms with Crippen LogP contribution in [0.1, 0.15) is 27.8 Å². The fourth-order valence-corrected chi connectivity index (χ4v) is 2.48. The Hall–Kier alpha value is -3.68. The Labute approximate surface area is 154 Å². The predicted octanol–water partition coefficient (Wildman–Crippen LogP) is 2.54. The minimum Gasteiger partial charge on any atom is -0.462 e. The second kappa shape index (κ2) is 8.13. The molecule has 0 saturated heterocycles. The van der Waals surface area contributed by atoms with E-state index in [1.807, 2.05) is 6.07 Å². The van der Waals surface area contributed by atoms with Gasteiger partial charge < -0.3 is 14.8 Å². The van der Waals surface area contributed by atoms with Gasteiger partial charge in [-0.1, -0.05) is 30.3 Å². The molecule has 0 fully saturated rings. The maximum atomic E-state index is 12.2. The van der Waals surface area contributed by atoms with E-state index >= 15 is 0 Å². The Morgan fingerprint density at radius 1 is 1.00 bits per heavy atom. The van der Waals surface area contributed by atoms with Crippen molar-refractivity contribution in [1.82, 2.24) is 10.2 Å². The number of amides is 1. The maximum absolute atomic E-state index is 12.2. The number of fused-ring (bicyclic) bond motifs is 1. The molecule has 0 radical (unpaired) electrons. The van der Waals surface area contributed by atoms with Gasteiger partial charge in [-0.05, 0) is 25.1 Å². The SMILES string of the molecule is CCOC(=O)c1ccccc1NC(=O)COC(=O)c1n[nH]c2ccccc12. The van der Waals surface area contributed by atoms with Crippen LogP contribution in [0, 0.1) is 0 Å². The zero-order valence-electron chi connectivity index (χ0n) is 14.5. The van der Waals surface area contributed by atoms with Gasteiger partial charge in [-0.25, -0.2) is 9.59 Å². The van der Waals surface area contributed by atoms with Gasteiger partial charge in [-0.2, -0.15) is 5.10 Å². The molecular formula is C19H17N3O5. The van der Waals surface area contributed by atoms with Crippen LogP contribution in [0.15, 0.2) is 48.5 Å². The summed E-state index contributed by atoms with van der Waals surface area (Å²) in [6.07, 6.45) is 0. The zero-order chi connectivity index (χ0) is 19.2. The predicted molar refractivity (Wildman–Crippen MR) is 97.4 cm³/mol. The molecule has 0 aliphatic heterocycles. The first-order chi connectivity index (χ1) is 13.1. The van der Waals surface area contributed by atoms with Gasteiger partial charge >= 0.3 is 11.9 Å². The number of ether oxygens (including phenoxy) is 2. The zero-order valence-corrected chi connectivity index (χ0v) is 14.5. The normalized spacial score (nSPS) is 10.4. The Morgan fingerprint density at radius 3 is 2.56 bits per heavy atom. The number of esters is 2. The molecule has 1 amide bonds. The molecule has 0 bridgehead atoms. The van der Waals surface area contributed by atoms with Crippen molar-refractivity contribution in [3.05, 3.63) is 59.8 Å². The quantitative estimate of drug-likeness (QED) is 0.648. The smallest absolute Gasteiger partial charge is 0.359 e. The van der Waals surface area contributed by atoms with Gasteiger partial charge in [0.1, 0.15) is 0 Å². The highest BCUT2D eigenvalue weighted by atomic mass is 16.5. The summed E-state index contributed by atoms with van der Waals surface area (Å²) in [5.74, 6) is -1.85. The molecule has 8 nitrogen and oxygen atoms in total. The Morgan fingerprint density at radius 2 is 1.74 bits per heavy atom. The van der Waals surface area contributed by atoms with E-state index in [-0.39, 0.29) is 23.6 Å². The van der Waals surface area contributed by atoms with Crippen LogP contribution in [-0.2, 0) is 14.3 Å². The van der Waals surface area contributed by atoms with Gasteiger partial charge in [-0.3, -0.25) is 9.89 Å². The molecule has 0 aliphatic carbocycles. The molecule has 1 heterocycles. The first kappa shape index (κ1) is 18.1. The van der Waals surface area contributed by atoms with Gasteiger partial charge in [-0.15, -0.1) is 0 Å². The molecule has 0 saturated carbocycles. The summed E-state index contributed by atoms with van der Waals surface area (Å²) in [6.45, 7) is 1.39. The standard InChI is InChI=1S/C19H17N3O5/c1-2-26-18(24)13-8-4-5-9-14(13)20-16(23)11-27-19(25)17-12-7-3-6-10-15(12)21-22-17/h3-10H,2,11H2,1H3,(H,20,23)(H,21,22). The second-order valence-corrected chi connectivity index (χ2v) is 5.51. The van der Waals surface area contributed by atoms with Crippen LogP contribution in [-0.4, -0.2) is 41.3 Å². The molecule has 138 valence electrons. The first-order valence-electron chi connectivity index (χ1n) is 8.26. The molecule has 3 rings (SSSR count). The van der Waals surface area contributed by atoms with E-state index in [4.69, 9.17) is 9.47 Å². The lowest BCUT2D eigenvalue weighted by Crippen LogP contribution is -2.22. The fraction of sp³-hybridized carbons (Fsp3) is 0.158. The molecule has 3 aromatic rings. The number of carbonyl (C=O) groups is 3. The topological polar surface area (TPSA) is 110 Å². The van der Waals surface area contributed by atoms with Gasteiger partial charge in [0.15, 0.2) is 12.3 Å². The molecule has 27 heavy (non-hydrogen) atoms. The van der Waals surface area contributed by atoms with E-state index < -0.39 is 24.5 Å². The lowest BCUT2D eigenvalue weighted by molar-refractivity contribution is -0.119. The van der Waals surface area contributed by atoms with Crippen molar-refractivity contribution in [2.24, 2.45) is 0 Å². The van der Waals surface area contributed by atoms with Crippen molar-refractivity contribution in [2.45, 2.75) is 6.92 Å². The van der Waals surface area contributed by atoms with E-state index in [2.05, 4.69) is 15.5 Å². The van der Waals surface area contributed by atoms with Crippen molar-refractivity contribution in [2.75, 3.05) is 18.5 Å². The number of hydrogen-bond acceptors (Lipinski definition) is 6. The van der Waals surface area contributed by atoms with Crippen LogP contribution in [0.4, 0.5) is 5.69 Å². The lowest BCUT2D eigenvalue weighted by atomic mass is 10.2. The number of nitrogens with one attached hydrogen (secondary N) is 2. The highest BCUT2D eigenvalue weighted by Crippen LogP contribution is 2.17. The van der Waals surface area contributed by atoms with Crippen molar-refractivity contribution in [1.29, 1.82) is 0 Å². The number of anilines is 1. The average Bonchev–Trinajstić information content (AvgIpc) is 3.11. The van der Waals surface area contributed by atoms with Crippen LogP contribution < -0.4 is 5.32 Å². The Bertz CT molecular complexity index is 996. The van der Waals surface area contributed by atoms with Gasteiger partial charge in [0.05, 0.1) is 23.4 Å². The molecule has 0 unspecified atom stereocenters. The molecule has 2 N–H and O–H groups in total. The Balaban J connectivity index is 1.63. The summed E-state index contributed by atoms with van der Waals surface area (Å²) in [6, 6.07) is 13.5. The number of H-pyrrole nitrogens is 1. The highest BCUT2D eigenvalue weighted by Gasteiger charge is 2.18. The van der Waals surface area contributed by atoms with Crippen molar-refractivity contribution >= 4 is 34.4 Å². The first-order valence-corrected chi connectivity index (χ1v) is 8.26. The average molecular weight is 367 g/mol. The van der Waals surface area contributed by atoms with E-state index in [1.54, 1.807) is 43.3 Å². The summed E-state index contributed by atoms with van der Waals surface area (Å²) >= 11 is 0. The van der Waals surface area contributed by atoms with Crippen LogP contribution in [0.5, 0.6) is 0 Å². The van der Waals surface area contributed by atoms with Crippen molar-refractivity contribution in [3.63, 3.8) is 0 Å². The summed E-state index contributed by atoms with van der Waals surface area (Å²) in [4.78, 5) is 36.2. The highest BCUT2D eigenvalue weighted by molar-refractivity contribution is 6.04. The minimum atomic E-state index is -0.721. The second-order valence-electron chi connectivity index (χ2n) is 5.51. The van der Waals surface area contributed by atoms with Crippen LogP contribution in [0.2, 0.25) is 0 Å². The third-order valence-electron chi connectivity index (χ3n) is 3.69. The van der Waals surface area contributed by atoms with Crippen LogP contribution in [0.25, 0.3) is 10.9 Å². The molecule has 0 aliphatic rings. The van der Waals surface area contributed by atoms with E-state index in [9.17, 15) is 14.4 Å². The number of rotatable bonds is 6. The summed E-state index contributed by atoms with van der Waals surface area (Å²) in [5, 5.41) is 9.80. The molecule has 8 heteroatoms. The van der Waals surface area contributed by atoms with Gasteiger partial charge in [0, 0.05) is 5.39 Å². The number of para-hydroxylation sites is 2. The molecule has 1 aromatic heterocycles. The van der Waals surface area contributed by atoms with Crippen molar-refractivity contribution in [3.8, 4) is 0 Å². The third kappa shape index (κ3) is 4.12. The van der Waals surface area contributed by atoms with E-state index in [1.165, 1.54) is 6.07 Å². The molecular weight excluding hydrogens is 350 g/mol. The molecule has 2 aromatic carbocycles. The summed E-state index contributed by atoms with van der Waals surface area (Å²) < 4.78 is 9.98. The Kier molecular flexibility index (Phi) is 5.46. The van der Waals surface area contributed by atoms with Gasteiger partial charge in [0.25, 0.3) is 5.91 Å². The molecule has 0 spiro atoms. The fourth-order valence-electron chi connectivity index (χ4n) is 2.48. The third-order valence-corrected chi connectivity index (χ3v) is 3.69. The van der Waals surface area contributed by atoms with Crippen LogP contribution >= 0.6 is 0 Å². The number of carbonyl (C=O) groups excluding carboxylic acids is 3. The monoisotopic (exact) mass is 367 g/mol. The largest absolute Gasteiger partial charge is 0.462 e. The lowest BCUT2D eigenvalue weighted by Gasteiger charge is -2.10. The number of aromatic amines is 1. The van der Waals surface area contributed by atoms with E-state index in [0.717, 1.165) is 0 Å². The molecule has 0 atom stereocenters. The van der Waals surface area contributed by atoms with E-state index in [0.29, 0.717) is 10.9 Å². The van der Waals surface area contributed by atoms with Gasteiger partial charge in [0.2, 0.25) is 0 Å². The van der Waals surface area contributed by atoms with Crippen molar-refractivity contribution < 1.29 is 23.9 Å². The summed E-state index contributed by atoms with van der Waals surface area (Å²) in [7, 11) is 0. The number of benzene rings is 2. The minimum absolute atomic E-state index is 0.102. The number of nitrogens with zero attached hydrogens (tertiary/aromatic N) is 1. The van der Waals surface area contributed by atoms with Crippen LogP contribution in [0.3, 0.4) is 0 Å².